The van der Waals surface area contributed by atoms with E-state index in [0.717, 1.165) is 5.69 Å². The molecule has 1 aliphatic heterocycles. The van der Waals surface area contributed by atoms with Crippen LogP contribution in [0.4, 0.5) is 0 Å². The first-order valence-electron chi connectivity index (χ1n) is 8.19. The molecule has 0 radical (unpaired) electrons. The lowest BCUT2D eigenvalue weighted by Crippen LogP contribution is -2.33. The van der Waals surface area contributed by atoms with Crippen molar-refractivity contribution < 1.29 is 4.79 Å². The van der Waals surface area contributed by atoms with Gasteiger partial charge in [0.15, 0.2) is 0 Å². The number of imidazole rings is 1. The Morgan fingerprint density at radius 1 is 1.20 bits per heavy atom. The third-order valence-electron chi connectivity index (χ3n) is 4.69. The Bertz CT molecular complexity index is 1000. The number of hydrogen-bond acceptors (Lipinski definition) is 5. The number of aromatic nitrogens is 5. The van der Waals surface area contributed by atoms with E-state index in [2.05, 4.69) is 15.0 Å². The van der Waals surface area contributed by atoms with Gasteiger partial charge in [-0.05, 0) is 19.4 Å². The summed E-state index contributed by atoms with van der Waals surface area (Å²) in [6, 6.07) is 1.79. The maximum Gasteiger partial charge on any atom is 0.274 e. The first-order valence-corrected chi connectivity index (χ1v) is 8.19. The van der Waals surface area contributed by atoms with Crippen molar-refractivity contribution in [3.8, 4) is 0 Å². The molecule has 0 spiro atoms. The van der Waals surface area contributed by atoms with Gasteiger partial charge in [0.2, 0.25) is 5.78 Å². The van der Waals surface area contributed by atoms with Gasteiger partial charge in [-0.3, -0.25) is 18.6 Å². The number of nitrogens with zero attached hydrogens (tertiary/aromatic N) is 6. The lowest BCUT2D eigenvalue weighted by Gasteiger charge is -2.18. The van der Waals surface area contributed by atoms with Crippen molar-refractivity contribution in [2.24, 2.45) is 7.05 Å². The third kappa shape index (κ3) is 2.59. The minimum Gasteiger partial charge on any atom is -0.337 e. The zero-order chi connectivity index (χ0) is 17.6. The number of fused-ring (bicyclic) bond motifs is 2. The second-order valence-corrected chi connectivity index (χ2v) is 6.19. The van der Waals surface area contributed by atoms with Crippen molar-refractivity contribution in [2.45, 2.75) is 19.8 Å². The second kappa shape index (κ2) is 5.80. The summed E-state index contributed by atoms with van der Waals surface area (Å²) in [4.78, 5) is 40.0. The van der Waals surface area contributed by atoms with Crippen molar-refractivity contribution in [2.75, 3.05) is 13.1 Å². The average Bonchev–Trinajstić information content (AvgIpc) is 2.94. The first-order chi connectivity index (χ1) is 12.0. The van der Waals surface area contributed by atoms with Crippen molar-refractivity contribution >= 4 is 11.7 Å². The van der Waals surface area contributed by atoms with E-state index in [9.17, 15) is 9.59 Å². The van der Waals surface area contributed by atoms with E-state index in [4.69, 9.17) is 0 Å². The van der Waals surface area contributed by atoms with Gasteiger partial charge in [-0.1, -0.05) is 0 Å². The third-order valence-corrected chi connectivity index (χ3v) is 4.69. The summed E-state index contributed by atoms with van der Waals surface area (Å²) < 4.78 is 3.28. The number of aryl methyl sites for hydroxylation is 1. The highest BCUT2D eigenvalue weighted by Crippen LogP contribution is 2.14. The average molecular weight is 338 g/mol. The van der Waals surface area contributed by atoms with Crippen LogP contribution >= 0.6 is 0 Å². The summed E-state index contributed by atoms with van der Waals surface area (Å²) in [6.45, 7) is 2.82. The van der Waals surface area contributed by atoms with Crippen LogP contribution in [0, 0.1) is 6.92 Å². The van der Waals surface area contributed by atoms with Gasteiger partial charge in [-0.25, -0.2) is 15.0 Å². The van der Waals surface area contributed by atoms with Gasteiger partial charge in [-0.15, -0.1) is 0 Å². The Hall–Kier alpha value is -3.03. The normalized spacial score (nSPS) is 14.4. The monoisotopic (exact) mass is 338 g/mol. The Morgan fingerprint density at radius 2 is 2.00 bits per heavy atom. The Labute approximate surface area is 143 Å². The minimum absolute atomic E-state index is 0.0197. The predicted octanol–water partition coefficient (Wildman–Crippen LogP) is 0.372. The van der Waals surface area contributed by atoms with E-state index < -0.39 is 0 Å². The fraction of sp³-hybridized carbons (Fsp3) is 0.353. The fourth-order valence-electron chi connectivity index (χ4n) is 3.17. The van der Waals surface area contributed by atoms with Gasteiger partial charge in [0.05, 0.1) is 5.69 Å². The van der Waals surface area contributed by atoms with Crippen LogP contribution in [-0.2, 0) is 19.9 Å². The van der Waals surface area contributed by atoms with E-state index in [-0.39, 0.29) is 11.5 Å². The first kappa shape index (κ1) is 15.5. The van der Waals surface area contributed by atoms with Gasteiger partial charge in [-0.2, -0.15) is 0 Å². The molecule has 25 heavy (non-hydrogen) atoms. The molecule has 1 aliphatic rings. The minimum atomic E-state index is -0.146. The van der Waals surface area contributed by atoms with Gasteiger partial charge in [0.25, 0.3) is 11.5 Å². The second-order valence-electron chi connectivity index (χ2n) is 6.19. The summed E-state index contributed by atoms with van der Waals surface area (Å²) in [7, 11) is 1.72. The van der Waals surface area contributed by atoms with Crippen molar-refractivity contribution in [1.82, 2.24) is 28.8 Å². The lowest BCUT2D eigenvalue weighted by atomic mass is 10.1. The molecule has 0 unspecified atom stereocenters. The highest BCUT2D eigenvalue weighted by Gasteiger charge is 2.24. The standard InChI is InChI=1S/C17H18N6O2/c1-11-19-13-5-9-22(8-4-12(13)15(24)21(11)2)16(25)14-10-23-7-3-6-18-17(23)20-14/h3,6-7,10H,4-5,8-9H2,1-2H3. The SMILES string of the molecule is Cc1nc2c(c(=O)n1C)CCN(C(=O)c1cn3cccnc3n1)CC2. The molecular weight excluding hydrogens is 320 g/mol. The molecule has 4 rings (SSSR count). The molecule has 8 heteroatoms. The van der Waals surface area contributed by atoms with Crippen LogP contribution in [0.5, 0.6) is 0 Å². The van der Waals surface area contributed by atoms with Crippen LogP contribution in [0.15, 0.2) is 29.5 Å². The van der Waals surface area contributed by atoms with Gasteiger partial charge in [0.1, 0.15) is 11.5 Å². The number of rotatable bonds is 1. The van der Waals surface area contributed by atoms with E-state index in [0.29, 0.717) is 48.8 Å². The van der Waals surface area contributed by atoms with Crippen LogP contribution in [0.25, 0.3) is 5.78 Å². The smallest absolute Gasteiger partial charge is 0.274 e. The molecule has 0 fully saturated rings. The maximum atomic E-state index is 12.8. The molecule has 3 aromatic rings. The molecule has 4 heterocycles. The molecule has 128 valence electrons. The van der Waals surface area contributed by atoms with Crippen molar-refractivity contribution in [3.05, 3.63) is 57.8 Å². The summed E-state index contributed by atoms with van der Waals surface area (Å²) >= 11 is 0. The molecule has 0 atom stereocenters. The van der Waals surface area contributed by atoms with E-state index >= 15 is 0 Å². The van der Waals surface area contributed by atoms with Crippen molar-refractivity contribution in [3.63, 3.8) is 0 Å². The van der Waals surface area contributed by atoms with Gasteiger partial charge < -0.3 is 4.90 Å². The predicted molar refractivity (Wildman–Crippen MR) is 90.5 cm³/mol. The van der Waals surface area contributed by atoms with Crippen LogP contribution in [0.3, 0.4) is 0 Å². The zero-order valence-corrected chi connectivity index (χ0v) is 14.1. The molecule has 8 nitrogen and oxygen atoms in total. The van der Waals surface area contributed by atoms with E-state index in [1.807, 2.05) is 6.92 Å². The van der Waals surface area contributed by atoms with Gasteiger partial charge >= 0.3 is 0 Å². The number of hydrogen-bond donors (Lipinski definition) is 0. The molecule has 0 saturated carbocycles. The lowest BCUT2D eigenvalue weighted by molar-refractivity contribution is 0.0757. The summed E-state index contributed by atoms with van der Waals surface area (Å²) in [5, 5.41) is 0. The number of amides is 1. The highest BCUT2D eigenvalue weighted by molar-refractivity contribution is 5.92. The quantitative estimate of drug-likeness (QED) is 0.640. The fourth-order valence-corrected chi connectivity index (χ4v) is 3.17. The van der Waals surface area contributed by atoms with Crippen LogP contribution in [0.1, 0.15) is 27.6 Å². The summed E-state index contributed by atoms with van der Waals surface area (Å²) in [5.41, 5.74) is 1.85. The van der Waals surface area contributed by atoms with E-state index in [1.165, 1.54) is 0 Å². The molecule has 3 aromatic heterocycles. The van der Waals surface area contributed by atoms with Crippen LogP contribution in [-0.4, -0.2) is 47.8 Å². The number of carbonyl (C=O) groups is 1. The zero-order valence-electron chi connectivity index (χ0n) is 14.1. The van der Waals surface area contributed by atoms with Gasteiger partial charge in [0, 0.05) is 50.7 Å². The highest BCUT2D eigenvalue weighted by atomic mass is 16.2. The molecule has 0 aromatic carbocycles. The number of carbonyl (C=O) groups excluding carboxylic acids is 1. The van der Waals surface area contributed by atoms with Crippen LogP contribution in [0.2, 0.25) is 0 Å². The Kier molecular flexibility index (Phi) is 3.60. The molecule has 0 aliphatic carbocycles. The van der Waals surface area contributed by atoms with E-state index in [1.54, 1.807) is 45.6 Å². The topological polar surface area (TPSA) is 85.4 Å². The van der Waals surface area contributed by atoms with Crippen molar-refractivity contribution in [1.29, 1.82) is 0 Å². The largest absolute Gasteiger partial charge is 0.337 e. The Morgan fingerprint density at radius 3 is 2.80 bits per heavy atom. The molecule has 1 amide bonds. The molecule has 0 bridgehead atoms. The maximum absolute atomic E-state index is 12.8. The molecule has 0 N–H and O–H groups in total. The summed E-state index contributed by atoms with van der Waals surface area (Å²) in [5.74, 6) is 1.04. The Balaban J connectivity index is 1.62. The van der Waals surface area contributed by atoms with Crippen LogP contribution < -0.4 is 5.56 Å². The molecule has 0 saturated heterocycles. The molecular formula is C17H18N6O2. The summed E-state index contributed by atoms with van der Waals surface area (Å²) in [6.07, 6.45) is 6.21.